The predicted molar refractivity (Wildman–Crippen MR) is 156 cm³/mol. The lowest BCUT2D eigenvalue weighted by Gasteiger charge is -2.22. The van der Waals surface area contributed by atoms with Crippen molar-refractivity contribution in [3.63, 3.8) is 0 Å². The van der Waals surface area contributed by atoms with Crippen molar-refractivity contribution < 1.29 is 34.9 Å². The summed E-state index contributed by atoms with van der Waals surface area (Å²) in [4.78, 5) is 3.72. The van der Waals surface area contributed by atoms with Crippen LogP contribution in [0, 0.1) is 0 Å². The first kappa shape index (κ1) is 28.7. The Kier molecular flexibility index (Phi) is 7.77. The van der Waals surface area contributed by atoms with Gasteiger partial charge in [0.25, 0.3) is 25.8 Å². The minimum absolute atomic E-state index is 0.128. The van der Waals surface area contributed by atoms with Gasteiger partial charge >= 0.3 is 5.89 Å². The summed E-state index contributed by atoms with van der Waals surface area (Å²) in [7, 11) is -6.51. The second kappa shape index (κ2) is 10.8. The molecule has 1 aliphatic heterocycles. The van der Waals surface area contributed by atoms with Crippen molar-refractivity contribution >= 4 is 82.8 Å². The third-order valence-corrected chi connectivity index (χ3v) is 9.06. The summed E-state index contributed by atoms with van der Waals surface area (Å²) in [6, 6.07) is 14.9. The molecule has 4 aromatic rings. The Morgan fingerprint density at radius 1 is 0.925 bits per heavy atom. The lowest BCUT2D eigenvalue weighted by Crippen LogP contribution is -2.37. The third kappa shape index (κ3) is 5.92. The molecule has 1 aliphatic rings. The number of aryl methyl sites for hydroxylation is 1. The fraction of sp³-hybridized carbons (Fsp3) is 0.269. The summed E-state index contributed by atoms with van der Waals surface area (Å²) in [5.74, 6) is 0.185. The molecule has 0 spiro atoms. The lowest BCUT2D eigenvalue weighted by atomic mass is 10.1. The summed E-state index contributed by atoms with van der Waals surface area (Å²) < 4.78 is 72.5. The van der Waals surface area contributed by atoms with E-state index in [1.165, 1.54) is 0 Å². The Morgan fingerprint density at radius 3 is 2.27 bits per heavy atom. The molecule has 5 rings (SSSR count). The Hall–Kier alpha value is -2.87. The average molecular weight is 628 g/mol. The number of benzene rings is 3. The fourth-order valence-corrected chi connectivity index (χ4v) is 6.28. The van der Waals surface area contributed by atoms with Gasteiger partial charge in [-0.15, -0.1) is 0 Å². The van der Waals surface area contributed by atoms with E-state index >= 15 is 0 Å². The molecule has 0 amide bonds. The van der Waals surface area contributed by atoms with E-state index in [0.29, 0.717) is 33.0 Å². The number of oxazole rings is 1. The highest BCUT2D eigenvalue weighted by molar-refractivity contribution is 7.86. The quantitative estimate of drug-likeness (QED) is 0.195. The van der Waals surface area contributed by atoms with Crippen LogP contribution in [-0.4, -0.2) is 51.0 Å². The van der Waals surface area contributed by atoms with Crippen LogP contribution in [0.5, 0.6) is 0 Å². The number of anilines is 2. The van der Waals surface area contributed by atoms with Gasteiger partial charge < -0.3 is 14.2 Å². The highest BCUT2D eigenvalue weighted by Crippen LogP contribution is 2.45. The topological polar surface area (TPSA) is 132 Å². The first-order chi connectivity index (χ1) is 18.8. The van der Waals surface area contributed by atoms with Crippen molar-refractivity contribution in [1.29, 1.82) is 0 Å². The van der Waals surface area contributed by atoms with Crippen LogP contribution >= 0.6 is 23.2 Å². The third-order valence-electron chi connectivity index (χ3n) is 6.72. The molecule has 10 nitrogen and oxygen atoms in total. The Labute approximate surface area is 241 Å². The Bertz CT molecular complexity index is 1870. The molecule has 40 heavy (non-hydrogen) atoms. The summed E-state index contributed by atoms with van der Waals surface area (Å²) in [6.07, 6.45) is 2.04. The standard InChI is InChI=1S/C26H25Cl2N3O7S2/c1-29-21-14-19(27)20(28)15-22(21)30(10-4-12-39(32,33)34)24(29)16-25-31(11-5-13-40(35,36)37)26-18-7-3-2-6-17(18)8-9-23(26)38-25/h2-3,6-9,14-16H,4-5,10-13H2,1H3,(H-,32,33,34,35,36,37)/p+1. The molecule has 0 bridgehead atoms. The minimum atomic E-state index is -4.16. The van der Waals surface area contributed by atoms with Gasteiger partial charge in [-0.3, -0.25) is 9.11 Å². The van der Waals surface area contributed by atoms with Crippen LogP contribution in [0.3, 0.4) is 0 Å². The molecule has 1 aromatic heterocycles. The molecule has 0 fully saturated rings. The van der Waals surface area contributed by atoms with E-state index < -0.39 is 31.7 Å². The van der Waals surface area contributed by atoms with E-state index in [4.69, 9.17) is 27.6 Å². The van der Waals surface area contributed by atoms with Crippen LogP contribution < -0.4 is 14.4 Å². The van der Waals surface area contributed by atoms with Gasteiger partial charge in [-0.1, -0.05) is 47.5 Å². The van der Waals surface area contributed by atoms with Crippen LogP contribution in [-0.2, 0) is 26.8 Å². The first-order valence-electron chi connectivity index (χ1n) is 12.3. The first-order valence-corrected chi connectivity index (χ1v) is 16.3. The number of nitrogens with zero attached hydrogens (tertiary/aromatic N) is 3. The van der Waals surface area contributed by atoms with Crippen LogP contribution in [0.25, 0.3) is 27.9 Å². The van der Waals surface area contributed by atoms with E-state index in [-0.39, 0.29) is 25.9 Å². The van der Waals surface area contributed by atoms with Crippen LogP contribution in [0.4, 0.5) is 11.4 Å². The molecule has 3 aromatic carbocycles. The van der Waals surface area contributed by atoms with Crippen molar-refractivity contribution in [1.82, 2.24) is 0 Å². The maximum Gasteiger partial charge on any atom is 0.377 e. The summed E-state index contributed by atoms with van der Waals surface area (Å²) in [5.41, 5.74) is 2.77. The SMILES string of the molecule is CN1C(=Cc2oc3ccc4ccccc4c3[n+]2CCCS(=O)(=O)O)N(CCCS(=O)(=O)O)c2cc(Cl)c(Cl)cc21. The van der Waals surface area contributed by atoms with E-state index in [1.807, 2.05) is 57.8 Å². The lowest BCUT2D eigenvalue weighted by molar-refractivity contribution is -0.677. The van der Waals surface area contributed by atoms with Gasteiger partial charge in [-0.2, -0.15) is 21.4 Å². The number of hydrogen-bond acceptors (Lipinski definition) is 7. The van der Waals surface area contributed by atoms with E-state index in [0.717, 1.165) is 22.0 Å². The molecule has 14 heteroatoms. The zero-order chi connectivity index (χ0) is 28.8. The number of rotatable bonds is 9. The van der Waals surface area contributed by atoms with Crippen molar-refractivity contribution in [2.45, 2.75) is 19.4 Å². The van der Waals surface area contributed by atoms with Crippen molar-refractivity contribution in [3.05, 3.63) is 70.3 Å². The molecular formula is C26H26Cl2N3O7S2+. The second-order valence-corrected chi connectivity index (χ2v) is 13.4. The van der Waals surface area contributed by atoms with E-state index in [2.05, 4.69) is 0 Å². The van der Waals surface area contributed by atoms with Crippen LogP contribution in [0.15, 0.2) is 58.8 Å². The number of fused-ring (bicyclic) bond motifs is 4. The molecular weight excluding hydrogens is 601 g/mol. The van der Waals surface area contributed by atoms with Crippen LogP contribution in [0.1, 0.15) is 18.7 Å². The summed E-state index contributed by atoms with van der Waals surface area (Å²) in [6.45, 7) is 0.462. The average Bonchev–Trinajstić information content (AvgIpc) is 3.33. The van der Waals surface area contributed by atoms with Gasteiger partial charge in [-0.05, 0) is 36.1 Å². The zero-order valence-electron chi connectivity index (χ0n) is 21.3. The minimum Gasteiger partial charge on any atom is -0.398 e. The maximum atomic E-state index is 11.5. The smallest absolute Gasteiger partial charge is 0.377 e. The zero-order valence-corrected chi connectivity index (χ0v) is 24.4. The molecule has 0 saturated heterocycles. The highest BCUT2D eigenvalue weighted by Gasteiger charge is 2.33. The van der Waals surface area contributed by atoms with Gasteiger partial charge in [0, 0.05) is 20.0 Å². The molecule has 0 radical (unpaired) electrons. The van der Waals surface area contributed by atoms with Gasteiger partial charge in [0.15, 0.2) is 6.54 Å². The molecule has 212 valence electrons. The summed E-state index contributed by atoms with van der Waals surface area (Å²) in [5, 5.41) is 2.55. The normalized spacial score (nSPS) is 15.1. The van der Waals surface area contributed by atoms with E-state index in [9.17, 15) is 25.9 Å². The Balaban J connectivity index is 1.65. The fourth-order valence-electron chi connectivity index (χ4n) is 4.97. The summed E-state index contributed by atoms with van der Waals surface area (Å²) >= 11 is 12.6. The molecule has 0 saturated carbocycles. The van der Waals surface area contributed by atoms with E-state index in [1.54, 1.807) is 18.2 Å². The maximum absolute atomic E-state index is 11.5. The Morgan fingerprint density at radius 2 is 1.57 bits per heavy atom. The highest BCUT2D eigenvalue weighted by atomic mass is 35.5. The number of hydrogen-bond donors (Lipinski definition) is 2. The molecule has 0 atom stereocenters. The molecule has 0 aliphatic carbocycles. The van der Waals surface area contributed by atoms with Gasteiger partial charge in [0.2, 0.25) is 5.58 Å². The van der Waals surface area contributed by atoms with Crippen molar-refractivity contribution in [3.8, 4) is 0 Å². The molecule has 2 heterocycles. The second-order valence-electron chi connectivity index (χ2n) is 9.47. The van der Waals surface area contributed by atoms with Crippen LogP contribution in [0.2, 0.25) is 10.0 Å². The van der Waals surface area contributed by atoms with Gasteiger partial charge in [-0.25, -0.2) is 0 Å². The number of aromatic nitrogens is 1. The van der Waals surface area contributed by atoms with Gasteiger partial charge in [0.05, 0.1) is 44.4 Å². The largest absolute Gasteiger partial charge is 0.398 e. The van der Waals surface area contributed by atoms with Crippen molar-refractivity contribution in [2.75, 3.05) is 34.9 Å². The van der Waals surface area contributed by atoms with Crippen molar-refractivity contribution in [2.24, 2.45) is 0 Å². The number of halogens is 2. The molecule has 0 unspecified atom stereocenters. The molecule has 2 N–H and O–H groups in total. The predicted octanol–water partition coefficient (Wildman–Crippen LogP) is 4.99. The monoisotopic (exact) mass is 626 g/mol. The van der Waals surface area contributed by atoms with Gasteiger partial charge in [0.1, 0.15) is 5.82 Å².